The van der Waals surface area contributed by atoms with Gasteiger partial charge in [0.2, 0.25) is 17.7 Å². The summed E-state index contributed by atoms with van der Waals surface area (Å²) in [6.45, 7) is -3.55. The molecule has 0 aromatic carbocycles. The van der Waals surface area contributed by atoms with E-state index in [0.29, 0.717) is 0 Å². The van der Waals surface area contributed by atoms with E-state index in [1.165, 1.54) is 40.5 Å². The number of phosphoric acid groups is 4. The number of methoxy groups -OCH3 is 2. The number of anilines is 3. The molecule has 6 aromatic heterocycles. The lowest BCUT2D eigenvalue weighted by molar-refractivity contribution is -0.745. The Labute approximate surface area is 428 Å². The number of hydrogen-bond donors (Lipinski definition) is 8. The van der Waals surface area contributed by atoms with Gasteiger partial charge in [-0.3, -0.25) is 51.5 Å². The third-order valence-electron chi connectivity index (χ3n) is 12.0. The number of phosphoric ester groups is 3. The monoisotopic (exact) mass is 1170 g/mol. The van der Waals surface area contributed by atoms with Crippen LogP contribution in [-0.2, 0) is 75.7 Å². The van der Waals surface area contributed by atoms with Gasteiger partial charge in [0.25, 0.3) is 48.4 Å². The van der Waals surface area contributed by atoms with Gasteiger partial charge in [-0.2, -0.15) is 4.98 Å². The van der Waals surface area contributed by atoms with Crippen molar-refractivity contribution in [3.8, 4) is 0 Å². The fourth-order valence-corrected chi connectivity index (χ4v) is 13.0. The maximum Gasteiger partial charge on any atom is 0.313 e. The summed E-state index contributed by atoms with van der Waals surface area (Å²) >= 11 is 0. The summed E-state index contributed by atoms with van der Waals surface area (Å²) in [5.41, 5.74) is 9.72. The molecule has 3 fully saturated rings. The first-order valence-corrected chi connectivity index (χ1v) is 27.8. The van der Waals surface area contributed by atoms with Crippen molar-refractivity contribution in [3.05, 3.63) is 46.0 Å². The summed E-state index contributed by atoms with van der Waals surface area (Å²) in [7, 11) is -19.6. The van der Waals surface area contributed by atoms with Crippen molar-refractivity contribution >= 4 is 82.5 Å². The van der Waals surface area contributed by atoms with Crippen LogP contribution in [0.5, 0.6) is 0 Å². The molecule has 0 aliphatic carbocycles. The molecule has 16 atom stereocenters. The molecule has 9 heterocycles. The largest absolute Gasteiger partial charge is 0.756 e. The number of imidazole rings is 3. The van der Waals surface area contributed by atoms with E-state index in [-0.39, 0.29) is 51.2 Å². The predicted molar refractivity (Wildman–Crippen MR) is 240 cm³/mol. The number of aliphatic hydroxyl groups is 3. The number of ether oxygens (including phenoxy) is 5. The second-order valence-corrected chi connectivity index (χ2v) is 22.7. The van der Waals surface area contributed by atoms with Crippen LogP contribution < -0.4 is 52.0 Å². The molecule has 6 aromatic rings. The average molecular weight is 1170 g/mol. The predicted octanol–water partition coefficient (Wildman–Crippen LogP) is -6.13. The Morgan fingerprint density at radius 2 is 1.27 bits per heavy atom. The third kappa shape index (κ3) is 11.4. The van der Waals surface area contributed by atoms with Gasteiger partial charge < -0.3 is 93.5 Å². The van der Waals surface area contributed by atoms with Crippen LogP contribution in [0.4, 0.5) is 17.7 Å². The minimum atomic E-state index is -6.56. The van der Waals surface area contributed by atoms with Gasteiger partial charge in [-0.05, 0) is 0 Å². The zero-order valence-corrected chi connectivity index (χ0v) is 43.3. The summed E-state index contributed by atoms with van der Waals surface area (Å²) in [6, 6.07) is 0. The molecule has 0 radical (unpaired) electrons. The van der Waals surface area contributed by atoms with Gasteiger partial charge in [-0.25, -0.2) is 33.1 Å². The van der Waals surface area contributed by atoms with E-state index in [1.54, 1.807) is 0 Å². The van der Waals surface area contributed by atoms with Crippen molar-refractivity contribution in [1.29, 1.82) is 0 Å². The van der Waals surface area contributed by atoms with E-state index < -0.39 is 136 Å². The molecule has 3 saturated heterocycles. The number of fused-ring (bicyclic) bond motifs is 3. The zero-order chi connectivity index (χ0) is 55.7. The Hall–Kier alpha value is -5.15. The molecule has 0 amide bonds. The van der Waals surface area contributed by atoms with Crippen LogP contribution in [0.1, 0.15) is 18.7 Å². The number of rotatable bonds is 21. The minimum Gasteiger partial charge on any atom is -0.756 e. The first kappa shape index (κ1) is 56.6. The Bertz CT molecular complexity index is 3510. The summed E-state index contributed by atoms with van der Waals surface area (Å²) < 4.78 is 113. The number of nitrogens with two attached hydrogens (primary N) is 2. The van der Waals surface area contributed by atoms with Crippen LogP contribution in [0.2, 0.25) is 0 Å². The quantitative estimate of drug-likeness (QED) is 0.0246. The van der Waals surface area contributed by atoms with Gasteiger partial charge >= 0.3 is 5.65 Å². The van der Waals surface area contributed by atoms with E-state index in [2.05, 4.69) is 58.3 Å². The number of H-pyrrole nitrogens is 2. The third-order valence-corrected chi connectivity index (χ3v) is 17.1. The highest BCUT2D eigenvalue weighted by molar-refractivity contribution is 7.65. The van der Waals surface area contributed by atoms with Crippen LogP contribution in [0.15, 0.2) is 34.9 Å². The standard InChI is InChI=1S/C34H47N15O24P4/c1-37-24-15-25(39-8-38-24)47(9-40-15)32-23(64-4)22(71-74(55,56)65-5-12-18(50)19(51)30(68-12)48-10-41-16-26(48)42-33(35)44-28(16)53)14(70-32)7-67-76(59,60)73-77(61,62)72-75(57,58)66-6-13-21(63-3)20(52)31(69-13)49-11-46(2)17-27(49)43-34(36)45-29(17)54/h8-14,18-23,30-32,50-52H,5-7H2,1-4H3,(H10-,35,36,37,38,39,42,43,44,45,53,54,55,56,57,58,59,60,61,62)/p-3/t12-,13-,14-,18+,19?,20+,21?,22+,23?,30-,31-,32-/m1/s1. The number of nitrogens with one attached hydrogen (secondary N) is 3. The molecule has 77 heavy (non-hydrogen) atoms. The molecule has 43 heteroatoms. The van der Waals surface area contributed by atoms with E-state index in [9.17, 15) is 62.7 Å². The van der Waals surface area contributed by atoms with Gasteiger partial charge in [-0.1, -0.05) is 4.98 Å². The second-order valence-electron chi connectivity index (χ2n) is 16.8. The summed E-state index contributed by atoms with van der Waals surface area (Å²) in [4.78, 5) is 106. The van der Waals surface area contributed by atoms with Crippen molar-refractivity contribution in [3.63, 3.8) is 0 Å². The summed E-state index contributed by atoms with van der Waals surface area (Å²) in [5, 5.41) is 35.6. The normalized spacial score (nSPS) is 30.0. The van der Waals surface area contributed by atoms with Crippen LogP contribution in [0.25, 0.3) is 33.5 Å². The van der Waals surface area contributed by atoms with Gasteiger partial charge in [-0.15, -0.1) is 0 Å². The molecule has 39 nitrogen and oxygen atoms in total. The molecule has 0 spiro atoms. The number of aliphatic hydroxyl groups excluding tert-OH is 3. The Morgan fingerprint density at radius 1 is 0.701 bits per heavy atom. The van der Waals surface area contributed by atoms with Gasteiger partial charge in [0, 0.05) is 21.3 Å². The zero-order valence-electron chi connectivity index (χ0n) is 39.7. The van der Waals surface area contributed by atoms with Crippen molar-refractivity contribution in [2.24, 2.45) is 7.05 Å². The minimum absolute atomic E-state index is 0.000620. The van der Waals surface area contributed by atoms with Crippen molar-refractivity contribution < 1.29 is 108 Å². The van der Waals surface area contributed by atoms with Crippen LogP contribution in [-0.4, -0.2) is 165 Å². The Kier molecular flexibility index (Phi) is 15.8. The van der Waals surface area contributed by atoms with Gasteiger partial charge in [0.05, 0.1) is 39.5 Å². The highest BCUT2D eigenvalue weighted by atomic mass is 31.3. The van der Waals surface area contributed by atoms with Crippen LogP contribution >= 0.6 is 31.3 Å². The molecule has 3 aliphatic rings. The Balaban J connectivity index is 0.872. The van der Waals surface area contributed by atoms with E-state index in [0.717, 1.165) is 31.4 Å². The van der Waals surface area contributed by atoms with Crippen molar-refractivity contribution in [2.75, 3.05) is 57.9 Å². The molecule has 3 aliphatic heterocycles. The lowest BCUT2D eigenvalue weighted by Crippen LogP contribution is -2.46. The summed E-state index contributed by atoms with van der Waals surface area (Å²) in [6.07, 6.45) is -15.1. The first-order valence-electron chi connectivity index (χ1n) is 21.9. The van der Waals surface area contributed by atoms with Crippen molar-refractivity contribution in [1.82, 2.24) is 53.6 Å². The van der Waals surface area contributed by atoms with Crippen LogP contribution in [0.3, 0.4) is 0 Å². The topological polar surface area (TPSA) is 549 Å². The smallest absolute Gasteiger partial charge is 0.313 e. The summed E-state index contributed by atoms with van der Waals surface area (Å²) in [5.74, 6) is -0.394. The van der Waals surface area contributed by atoms with E-state index in [1.807, 2.05) is 0 Å². The van der Waals surface area contributed by atoms with Crippen molar-refractivity contribution in [2.45, 2.75) is 73.6 Å². The molecule has 422 valence electrons. The molecule has 0 saturated carbocycles. The van der Waals surface area contributed by atoms with E-state index >= 15 is 0 Å². The molecular weight excluding hydrogens is 1130 g/mol. The molecule has 7 unspecified atom stereocenters. The first-order chi connectivity index (χ1) is 36.2. The van der Waals surface area contributed by atoms with Gasteiger partial charge in [0.15, 0.2) is 41.4 Å². The maximum absolute atomic E-state index is 13.6. The lowest BCUT2D eigenvalue weighted by atomic mass is 10.1. The fourth-order valence-electron chi connectivity index (χ4n) is 8.70. The van der Waals surface area contributed by atoms with Crippen LogP contribution in [0, 0.1) is 0 Å². The van der Waals surface area contributed by atoms with E-state index in [4.69, 9.17) is 48.7 Å². The maximum atomic E-state index is 13.6. The molecule has 10 N–H and O–H groups in total. The number of nitrogens with zero attached hydrogens (tertiary/aromatic N) is 10. The number of nitrogen functional groups attached to an aromatic ring is 2. The highest BCUT2D eigenvalue weighted by Gasteiger charge is 2.52. The number of hydrogen-bond acceptors (Lipinski definition) is 33. The molecular formula is C34H44N15O24P4-3. The molecule has 0 bridgehead atoms. The highest BCUT2D eigenvalue weighted by Crippen LogP contribution is 2.63. The van der Waals surface area contributed by atoms with Gasteiger partial charge in [0.1, 0.15) is 66.8 Å². The SMILES string of the molecule is CNc1ncnc2c1ncn2[C@@H]1O[C@H](COP(=O)([O-])OP(=O)([O-])OP(=O)([O-])OC[C@H]2O[C@@H]([n+]3cn(C)c4c(=O)[nH]c(N)nc43)[C@@H](O)C2OC)[C@H](OP(=O)([O-])OC[C@H]2O[C@@H](n3cnc4c(=O)[nH]c(N)nc43)C(O)[C@H]2O)C1OC. The molecule has 9 rings (SSSR count). The number of aromatic amines is 2. The second kappa shape index (κ2) is 21.5. The lowest BCUT2D eigenvalue weighted by Gasteiger charge is -2.35. The average Bonchev–Trinajstić information content (AvgIpc) is 4.21. The number of aromatic nitrogens is 12. The number of aryl methyl sites for hydroxylation is 1. The Morgan fingerprint density at radius 3 is 1.92 bits per heavy atom. The fraction of sp³-hybridized carbons (Fsp3) is 0.559.